The standard InChI is InChI=1S/C14H18N4O4/c1-9-11(10(2)17(3)16-9)4-5-13(20)22-8-12(19)18-7-6-15-14(18)21/h4-5H,6-8H2,1-3H3,(H,15,21)/b5-4+. The number of imide groups is 1. The molecule has 0 unspecified atom stereocenters. The van der Waals surface area contributed by atoms with E-state index in [1.165, 1.54) is 6.08 Å². The molecule has 8 nitrogen and oxygen atoms in total. The van der Waals surface area contributed by atoms with Gasteiger partial charge in [-0.15, -0.1) is 0 Å². The second-order valence-electron chi connectivity index (χ2n) is 4.93. The molecule has 22 heavy (non-hydrogen) atoms. The van der Waals surface area contributed by atoms with E-state index in [1.807, 2.05) is 20.9 Å². The van der Waals surface area contributed by atoms with Crippen LogP contribution in [0.15, 0.2) is 6.08 Å². The highest BCUT2D eigenvalue weighted by atomic mass is 16.5. The lowest BCUT2D eigenvalue weighted by atomic mass is 10.2. The van der Waals surface area contributed by atoms with Crippen LogP contribution in [-0.4, -0.2) is 52.3 Å². The number of hydrogen-bond donors (Lipinski definition) is 1. The van der Waals surface area contributed by atoms with E-state index >= 15 is 0 Å². The van der Waals surface area contributed by atoms with Gasteiger partial charge in [-0.05, 0) is 19.9 Å². The molecule has 1 N–H and O–H groups in total. The van der Waals surface area contributed by atoms with E-state index < -0.39 is 24.5 Å². The van der Waals surface area contributed by atoms with Gasteiger partial charge >= 0.3 is 12.0 Å². The number of esters is 1. The van der Waals surface area contributed by atoms with Crippen LogP contribution in [0.3, 0.4) is 0 Å². The average molecular weight is 306 g/mol. The summed E-state index contributed by atoms with van der Waals surface area (Å²) >= 11 is 0. The second-order valence-corrected chi connectivity index (χ2v) is 4.93. The normalized spacial score (nSPS) is 14.5. The molecule has 1 aliphatic heterocycles. The molecule has 2 rings (SSSR count). The highest BCUT2D eigenvalue weighted by Gasteiger charge is 2.26. The minimum absolute atomic E-state index is 0.291. The van der Waals surface area contributed by atoms with E-state index in [0.717, 1.165) is 21.9 Å². The predicted molar refractivity (Wildman–Crippen MR) is 77.8 cm³/mol. The van der Waals surface area contributed by atoms with Gasteiger partial charge in [0, 0.05) is 37.5 Å². The summed E-state index contributed by atoms with van der Waals surface area (Å²) in [6.07, 6.45) is 2.85. The summed E-state index contributed by atoms with van der Waals surface area (Å²) < 4.78 is 6.57. The van der Waals surface area contributed by atoms with Crippen LogP contribution in [0.5, 0.6) is 0 Å². The molecule has 0 spiro atoms. The smallest absolute Gasteiger partial charge is 0.331 e. The number of urea groups is 1. The van der Waals surface area contributed by atoms with Crippen molar-refractivity contribution >= 4 is 24.0 Å². The molecular formula is C14H18N4O4. The summed E-state index contributed by atoms with van der Waals surface area (Å²) in [5, 5.41) is 6.73. The van der Waals surface area contributed by atoms with E-state index in [4.69, 9.17) is 4.74 Å². The monoisotopic (exact) mass is 306 g/mol. The van der Waals surface area contributed by atoms with Crippen LogP contribution in [0.1, 0.15) is 17.0 Å². The van der Waals surface area contributed by atoms with Gasteiger partial charge in [-0.3, -0.25) is 14.4 Å². The molecule has 8 heteroatoms. The first-order valence-electron chi connectivity index (χ1n) is 6.83. The number of aryl methyl sites for hydroxylation is 2. The first-order valence-corrected chi connectivity index (χ1v) is 6.83. The van der Waals surface area contributed by atoms with E-state index in [0.29, 0.717) is 13.1 Å². The molecule has 3 amide bonds. The molecule has 1 fully saturated rings. The Morgan fingerprint density at radius 3 is 2.68 bits per heavy atom. The maximum Gasteiger partial charge on any atom is 0.331 e. The lowest BCUT2D eigenvalue weighted by Crippen LogP contribution is -2.37. The van der Waals surface area contributed by atoms with Crippen LogP contribution in [0.2, 0.25) is 0 Å². The summed E-state index contributed by atoms with van der Waals surface area (Å²) in [6, 6.07) is -0.460. The summed E-state index contributed by atoms with van der Waals surface area (Å²) in [5.74, 6) is -1.18. The Bertz CT molecular complexity index is 648. The van der Waals surface area contributed by atoms with Gasteiger partial charge in [0.05, 0.1) is 5.69 Å². The average Bonchev–Trinajstić information content (AvgIpc) is 2.99. The second kappa shape index (κ2) is 6.42. The van der Waals surface area contributed by atoms with E-state index in [9.17, 15) is 14.4 Å². The van der Waals surface area contributed by atoms with E-state index in [1.54, 1.807) is 10.8 Å². The van der Waals surface area contributed by atoms with Crippen molar-refractivity contribution in [1.82, 2.24) is 20.0 Å². The fourth-order valence-electron chi connectivity index (χ4n) is 2.15. The third-order valence-corrected chi connectivity index (χ3v) is 3.45. The summed E-state index contributed by atoms with van der Waals surface area (Å²) in [4.78, 5) is 35.6. The van der Waals surface area contributed by atoms with Crippen molar-refractivity contribution < 1.29 is 19.1 Å². The van der Waals surface area contributed by atoms with Gasteiger partial charge in [0.15, 0.2) is 6.61 Å². The number of carbonyl (C=O) groups excluding carboxylic acids is 3. The maximum absolute atomic E-state index is 11.7. The third kappa shape index (κ3) is 3.33. The Morgan fingerprint density at radius 1 is 1.41 bits per heavy atom. The molecule has 2 heterocycles. The zero-order valence-corrected chi connectivity index (χ0v) is 12.8. The highest BCUT2D eigenvalue weighted by molar-refractivity contribution is 5.97. The van der Waals surface area contributed by atoms with Crippen LogP contribution in [0.25, 0.3) is 6.08 Å². The molecule has 0 radical (unpaired) electrons. The molecule has 0 aromatic carbocycles. The van der Waals surface area contributed by atoms with Crippen LogP contribution in [0, 0.1) is 13.8 Å². The number of amides is 3. The van der Waals surface area contributed by atoms with Gasteiger partial charge in [-0.1, -0.05) is 0 Å². The number of ether oxygens (including phenoxy) is 1. The Labute approximate surface area is 127 Å². The lowest BCUT2D eigenvalue weighted by molar-refractivity contribution is -0.146. The topological polar surface area (TPSA) is 93.5 Å². The van der Waals surface area contributed by atoms with Crippen molar-refractivity contribution in [2.75, 3.05) is 19.7 Å². The quantitative estimate of drug-likeness (QED) is 0.631. The first-order chi connectivity index (χ1) is 10.4. The molecule has 0 atom stereocenters. The maximum atomic E-state index is 11.7. The van der Waals surface area contributed by atoms with Crippen molar-refractivity contribution in [3.63, 3.8) is 0 Å². The fourth-order valence-corrected chi connectivity index (χ4v) is 2.15. The third-order valence-electron chi connectivity index (χ3n) is 3.45. The lowest BCUT2D eigenvalue weighted by Gasteiger charge is -2.11. The van der Waals surface area contributed by atoms with Crippen molar-refractivity contribution in [2.24, 2.45) is 7.05 Å². The molecule has 1 saturated heterocycles. The minimum Gasteiger partial charge on any atom is -0.452 e. The van der Waals surface area contributed by atoms with Gasteiger partial charge in [0.1, 0.15) is 0 Å². The number of aromatic nitrogens is 2. The first kappa shape index (κ1) is 15.7. The van der Waals surface area contributed by atoms with Gasteiger partial charge in [0.25, 0.3) is 5.91 Å². The number of nitrogens with one attached hydrogen (secondary N) is 1. The molecule has 118 valence electrons. The Morgan fingerprint density at radius 2 is 2.14 bits per heavy atom. The molecule has 0 saturated carbocycles. The van der Waals surface area contributed by atoms with Gasteiger partial charge in [-0.25, -0.2) is 9.59 Å². The molecule has 1 aromatic heterocycles. The molecule has 1 aliphatic rings. The van der Waals surface area contributed by atoms with E-state index in [-0.39, 0.29) is 0 Å². The summed E-state index contributed by atoms with van der Waals surface area (Å²) in [6.45, 7) is 3.98. The molecule has 0 bridgehead atoms. The largest absolute Gasteiger partial charge is 0.452 e. The van der Waals surface area contributed by atoms with Crippen LogP contribution in [-0.2, 0) is 21.4 Å². The molecule has 0 aliphatic carbocycles. The number of hydrogen-bond acceptors (Lipinski definition) is 5. The van der Waals surface area contributed by atoms with Crippen molar-refractivity contribution in [3.8, 4) is 0 Å². The van der Waals surface area contributed by atoms with Gasteiger partial charge in [0.2, 0.25) is 0 Å². The Hall–Kier alpha value is -2.64. The molecular weight excluding hydrogens is 288 g/mol. The van der Waals surface area contributed by atoms with Crippen molar-refractivity contribution in [3.05, 3.63) is 23.0 Å². The van der Waals surface area contributed by atoms with E-state index in [2.05, 4.69) is 10.4 Å². The van der Waals surface area contributed by atoms with Crippen LogP contribution >= 0.6 is 0 Å². The Kier molecular flexibility index (Phi) is 4.59. The van der Waals surface area contributed by atoms with Gasteiger partial charge in [-0.2, -0.15) is 5.10 Å². The highest BCUT2D eigenvalue weighted by Crippen LogP contribution is 2.13. The SMILES string of the molecule is Cc1nn(C)c(C)c1/C=C/C(=O)OCC(=O)N1CCNC1=O. The molecule has 1 aromatic rings. The van der Waals surface area contributed by atoms with Crippen molar-refractivity contribution in [1.29, 1.82) is 0 Å². The predicted octanol–water partition coefficient (Wildman–Crippen LogP) is 0.145. The number of carbonyl (C=O) groups is 3. The summed E-state index contributed by atoms with van der Waals surface area (Å²) in [5.41, 5.74) is 2.56. The zero-order valence-electron chi connectivity index (χ0n) is 12.8. The van der Waals surface area contributed by atoms with Crippen molar-refractivity contribution in [2.45, 2.75) is 13.8 Å². The number of nitrogens with zero attached hydrogens (tertiary/aromatic N) is 3. The zero-order chi connectivity index (χ0) is 16.3. The fraction of sp³-hybridized carbons (Fsp3) is 0.429. The van der Waals surface area contributed by atoms with Gasteiger partial charge < -0.3 is 10.1 Å². The number of rotatable bonds is 4. The Balaban J connectivity index is 1.89. The minimum atomic E-state index is -0.643. The van der Waals surface area contributed by atoms with Crippen LogP contribution < -0.4 is 5.32 Å². The van der Waals surface area contributed by atoms with Crippen LogP contribution in [0.4, 0.5) is 4.79 Å². The summed E-state index contributed by atoms with van der Waals surface area (Å²) in [7, 11) is 1.82.